The molecule has 8 nitrogen and oxygen atoms in total. The Morgan fingerprint density at radius 2 is 1.74 bits per heavy atom. The van der Waals surface area contributed by atoms with Crippen LogP contribution in [0, 0.1) is 0 Å². The van der Waals surface area contributed by atoms with Crippen molar-refractivity contribution in [3.05, 3.63) is 89.1 Å². The van der Waals surface area contributed by atoms with Crippen LogP contribution in [0.5, 0.6) is 11.6 Å². The molecule has 2 amide bonds. The third-order valence-electron chi connectivity index (χ3n) is 6.13. The van der Waals surface area contributed by atoms with Crippen molar-refractivity contribution in [3.63, 3.8) is 0 Å². The summed E-state index contributed by atoms with van der Waals surface area (Å²) in [6, 6.07) is 18.5. The van der Waals surface area contributed by atoms with Gasteiger partial charge >= 0.3 is 0 Å². The monoisotopic (exact) mass is 540 g/mol. The normalized spacial score (nSPS) is 14.6. The number of amides is 2. The van der Waals surface area contributed by atoms with Gasteiger partial charge in [0, 0.05) is 43.9 Å². The molecule has 2 aromatic carbocycles. The van der Waals surface area contributed by atoms with Gasteiger partial charge < -0.3 is 19.7 Å². The lowest BCUT2D eigenvalue weighted by Gasteiger charge is -2.36. The van der Waals surface area contributed by atoms with E-state index >= 15 is 0 Å². The summed E-state index contributed by atoms with van der Waals surface area (Å²) in [7, 11) is 0. The van der Waals surface area contributed by atoms with E-state index in [4.69, 9.17) is 21.1 Å². The summed E-state index contributed by atoms with van der Waals surface area (Å²) in [5.74, 6) is -0.203. The lowest BCUT2D eigenvalue weighted by molar-refractivity contribution is -0.136. The van der Waals surface area contributed by atoms with Crippen molar-refractivity contribution < 1.29 is 23.5 Å². The van der Waals surface area contributed by atoms with Crippen molar-refractivity contribution in [3.8, 4) is 11.6 Å². The number of carbonyl (C=O) groups is 2. The number of ether oxygens (including phenoxy) is 2. The number of hydrogen-bond acceptors (Lipinski definition) is 6. The molecule has 1 atom stereocenters. The number of carbonyl (C=O) groups excluding carboxylic acids is 2. The molecule has 2 heterocycles. The third kappa shape index (κ3) is 7.74. The van der Waals surface area contributed by atoms with Gasteiger partial charge in [0.2, 0.25) is 11.8 Å². The van der Waals surface area contributed by atoms with Crippen molar-refractivity contribution >= 4 is 23.4 Å². The van der Waals surface area contributed by atoms with Gasteiger partial charge in [0.15, 0.2) is 0 Å². The van der Waals surface area contributed by atoms with Crippen LogP contribution in [0.1, 0.15) is 15.9 Å². The van der Waals surface area contributed by atoms with Crippen molar-refractivity contribution in [2.75, 3.05) is 46.0 Å². The topological polar surface area (TPSA) is 84.0 Å². The molecule has 1 aliphatic heterocycles. The van der Waals surface area contributed by atoms with E-state index in [0.717, 1.165) is 5.56 Å². The van der Waals surface area contributed by atoms with Crippen molar-refractivity contribution in [1.82, 2.24) is 20.1 Å². The molecule has 1 fully saturated rings. The fourth-order valence-corrected chi connectivity index (χ4v) is 4.20. The first-order valence-corrected chi connectivity index (χ1v) is 12.8. The van der Waals surface area contributed by atoms with Gasteiger partial charge in [0.25, 0.3) is 5.91 Å². The minimum atomic E-state index is -0.928. The standard InChI is InChI=1S/C28H30ClFN4O4/c29-22-8-10-23(11-9-22)38-27-24(7-4-13-31-27)26(35)32-25(20-37-19-21-5-2-1-3-6-21)28(36)34-17-15-33(14-12-30)16-18-34/h1-11,13,25H,12,14-20H2,(H,32,35)/t25-/m1/s1. The Morgan fingerprint density at radius 3 is 2.45 bits per heavy atom. The molecule has 1 saturated heterocycles. The van der Waals surface area contributed by atoms with Crippen molar-refractivity contribution in [1.29, 1.82) is 0 Å². The predicted molar refractivity (Wildman–Crippen MR) is 142 cm³/mol. The van der Waals surface area contributed by atoms with Crippen LogP contribution in [0.2, 0.25) is 5.02 Å². The lowest BCUT2D eigenvalue weighted by Crippen LogP contribution is -2.56. The van der Waals surface area contributed by atoms with Crippen LogP contribution in [-0.2, 0) is 16.1 Å². The predicted octanol–water partition coefficient (Wildman–Crippen LogP) is 3.96. The fourth-order valence-electron chi connectivity index (χ4n) is 4.07. The van der Waals surface area contributed by atoms with Crippen LogP contribution >= 0.6 is 11.6 Å². The number of pyridine rings is 1. The minimum absolute atomic E-state index is 0.0161. The first-order valence-electron chi connectivity index (χ1n) is 12.4. The Labute approximate surface area is 226 Å². The molecule has 1 aromatic heterocycles. The molecule has 0 saturated carbocycles. The fraction of sp³-hybridized carbons (Fsp3) is 0.321. The van der Waals surface area contributed by atoms with Gasteiger partial charge in [-0.25, -0.2) is 9.37 Å². The summed E-state index contributed by atoms with van der Waals surface area (Å²) in [6.07, 6.45) is 1.52. The van der Waals surface area contributed by atoms with E-state index in [9.17, 15) is 14.0 Å². The zero-order chi connectivity index (χ0) is 26.7. The van der Waals surface area contributed by atoms with Gasteiger partial charge in [-0.1, -0.05) is 41.9 Å². The number of nitrogens with zero attached hydrogens (tertiary/aromatic N) is 3. The molecule has 0 aliphatic carbocycles. The lowest BCUT2D eigenvalue weighted by atomic mass is 10.2. The smallest absolute Gasteiger partial charge is 0.257 e. The molecule has 0 bridgehead atoms. The Morgan fingerprint density at radius 1 is 1.00 bits per heavy atom. The first-order chi connectivity index (χ1) is 18.5. The average Bonchev–Trinajstić information content (AvgIpc) is 2.95. The maximum atomic E-state index is 13.5. The van der Waals surface area contributed by atoms with Crippen molar-refractivity contribution in [2.45, 2.75) is 12.6 Å². The molecular weight excluding hydrogens is 511 g/mol. The highest BCUT2D eigenvalue weighted by molar-refractivity contribution is 6.30. The Kier molecular flexibility index (Phi) is 10.0. The molecule has 3 aromatic rings. The molecule has 200 valence electrons. The van der Waals surface area contributed by atoms with E-state index in [2.05, 4.69) is 10.3 Å². The largest absolute Gasteiger partial charge is 0.438 e. The number of nitrogens with one attached hydrogen (secondary N) is 1. The van der Waals surface area contributed by atoms with E-state index < -0.39 is 18.6 Å². The molecule has 38 heavy (non-hydrogen) atoms. The maximum absolute atomic E-state index is 13.5. The summed E-state index contributed by atoms with van der Waals surface area (Å²) in [6.45, 7) is 2.24. The number of alkyl halides is 1. The molecular formula is C28H30ClFN4O4. The van der Waals surface area contributed by atoms with E-state index in [-0.39, 0.29) is 24.0 Å². The van der Waals surface area contributed by atoms with Gasteiger partial charge in [0.1, 0.15) is 24.0 Å². The van der Waals surface area contributed by atoms with Gasteiger partial charge in [-0.3, -0.25) is 14.5 Å². The van der Waals surface area contributed by atoms with E-state index in [0.29, 0.717) is 50.1 Å². The van der Waals surface area contributed by atoms with E-state index in [1.165, 1.54) is 6.20 Å². The molecule has 1 N–H and O–H groups in total. The zero-order valence-electron chi connectivity index (χ0n) is 20.9. The molecule has 10 heteroatoms. The van der Waals surface area contributed by atoms with Crippen LogP contribution < -0.4 is 10.1 Å². The van der Waals surface area contributed by atoms with Crippen LogP contribution in [0.4, 0.5) is 4.39 Å². The highest BCUT2D eigenvalue weighted by atomic mass is 35.5. The summed E-state index contributed by atoms with van der Waals surface area (Å²) in [4.78, 5) is 34.7. The quantitative estimate of drug-likeness (QED) is 0.396. The number of hydrogen-bond donors (Lipinski definition) is 1. The van der Waals surface area contributed by atoms with Crippen LogP contribution in [0.15, 0.2) is 72.9 Å². The minimum Gasteiger partial charge on any atom is -0.438 e. The van der Waals surface area contributed by atoms with Crippen LogP contribution in [0.3, 0.4) is 0 Å². The van der Waals surface area contributed by atoms with Gasteiger partial charge in [-0.15, -0.1) is 0 Å². The Bertz CT molecular complexity index is 1190. The number of benzene rings is 2. The highest BCUT2D eigenvalue weighted by Gasteiger charge is 2.30. The summed E-state index contributed by atoms with van der Waals surface area (Å²) in [5, 5.41) is 3.37. The summed E-state index contributed by atoms with van der Waals surface area (Å²) in [5.41, 5.74) is 1.13. The molecule has 4 rings (SSSR count). The van der Waals surface area contributed by atoms with Gasteiger partial charge in [0.05, 0.1) is 13.2 Å². The maximum Gasteiger partial charge on any atom is 0.257 e. The Balaban J connectivity index is 1.46. The molecule has 1 aliphatic rings. The average molecular weight is 541 g/mol. The second kappa shape index (κ2) is 13.9. The molecule has 0 spiro atoms. The summed E-state index contributed by atoms with van der Waals surface area (Å²) < 4.78 is 24.4. The third-order valence-corrected chi connectivity index (χ3v) is 6.38. The number of aromatic nitrogens is 1. The zero-order valence-corrected chi connectivity index (χ0v) is 21.6. The van der Waals surface area contributed by atoms with Crippen LogP contribution in [-0.4, -0.2) is 78.6 Å². The molecule has 0 unspecified atom stereocenters. The van der Waals surface area contributed by atoms with Crippen LogP contribution in [0.25, 0.3) is 0 Å². The van der Waals surface area contributed by atoms with Crippen molar-refractivity contribution in [2.24, 2.45) is 0 Å². The number of rotatable bonds is 11. The van der Waals surface area contributed by atoms with Gasteiger partial charge in [-0.05, 0) is 42.0 Å². The second-order valence-corrected chi connectivity index (χ2v) is 9.23. The SMILES string of the molecule is O=C(N[C@H](COCc1ccccc1)C(=O)N1CCN(CCF)CC1)c1cccnc1Oc1ccc(Cl)cc1. The Hall–Kier alpha value is -3.53. The first kappa shape index (κ1) is 27.5. The van der Waals surface area contributed by atoms with E-state index in [1.807, 2.05) is 35.2 Å². The highest BCUT2D eigenvalue weighted by Crippen LogP contribution is 2.24. The second-order valence-electron chi connectivity index (χ2n) is 8.79. The molecule has 0 radical (unpaired) electrons. The number of halogens is 2. The van der Waals surface area contributed by atoms with E-state index in [1.54, 1.807) is 41.3 Å². The number of piperazine rings is 1. The van der Waals surface area contributed by atoms with Gasteiger partial charge in [-0.2, -0.15) is 0 Å². The summed E-state index contributed by atoms with van der Waals surface area (Å²) >= 11 is 5.95.